The van der Waals surface area contributed by atoms with E-state index in [1.807, 2.05) is 19.9 Å². The third-order valence-electron chi connectivity index (χ3n) is 2.34. The van der Waals surface area contributed by atoms with Gasteiger partial charge in [-0.15, -0.1) is 0 Å². The molecule has 1 rings (SSSR count). The van der Waals surface area contributed by atoms with E-state index in [1.165, 1.54) is 0 Å². The minimum atomic E-state index is -0.439. The van der Waals surface area contributed by atoms with E-state index in [-0.39, 0.29) is 5.91 Å². The van der Waals surface area contributed by atoms with Crippen LogP contribution in [0.3, 0.4) is 0 Å². The van der Waals surface area contributed by atoms with E-state index in [0.717, 1.165) is 5.76 Å². The van der Waals surface area contributed by atoms with E-state index < -0.39 is 5.41 Å². The molecule has 1 heterocycles. The van der Waals surface area contributed by atoms with E-state index in [4.69, 9.17) is 16.0 Å². The molecule has 0 aliphatic carbocycles. The number of carbonyl (C=O) groups is 1. The van der Waals surface area contributed by atoms with Gasteiger partial charge in [-0.25, -0.2) is 0 Å². The van der Waals surface area contributed by atoms with Crippen molar-refractivity contribution in [1.82, 2.24) is 10.6 Å². The monoisotopic (exact) mass is 244 g/mol. The van der Waals surface area contributed by atoms with Gasteiger partial charge in [0.15, 0.2) is 5.22 Å². The average molecular weight is 245 g/mol. The van der Waals surface area contributed by atoms with Crippen LogP contribution in [0.4, 0.5) is 0 Å². The lowest BCUT2D eigenvalue weighted by Gasteiger charge is -2.22. The third kappa shape index (κ3) is 3.54. The van der Waals surface area contributed by atoms with Gasteiger partial charge in [0.25, 0.3) is 0 Å². The highest BCUT2D eigenvalue weighted by molar-refractivity contribution is 6.28. The van der Waals surface area contributed by atoms with Crippen LogP contribution >= 0.6 is 11.6 Å². The maximum atomic E-state index is 11.5. The van der Waals surface area contributed by atoms with Gasteiger partial charge in [-0.2, -0.15) is 0 Å². The lowest BCUT2D eigenvalue weighted by atomic mass is 9.92. The molecule has 90 valence electrons. The molecule has 0 aliphatic heterocycles. The first-order chi connectivity index (χ1) is 7.45. The predicted octanol–water partition coefficient (Wildman–Crippen LogP) is 1.79. The molecule has 2 N–H and O–H groups in total. The molecule has 5 heteroatoms. The smallest absolute Gasteiger partial charge is 0.226 e. The van der Waals surface area contributed by atoms with Crippen molar-refractivity contribution in [2.45, 2.75) is 20.4 Å². The molecule has 0 spiro atoms. The molecule has 1 aromatic rings. The zero-order valence-corrected chi connectivity index (χ0v) is 10.5. The fourth-order valence-electron chi connectivity index (χ4n) is 1.36. The average Bonchev–Trinajstić information content (AvgIpc) is 2.62. The quantitative estimate of drug-likeness (QED) is 0.831. The van der Waals surface area contributed by atoms with Crippen LogP contribution in [0.15, 0.2) is 16.5 Å². The first-order valence-corrected chi connectivity index (χ1v) is 5.50. The summed E-state index contributed by atoms with van der Waals surface area (Å²) in [6.45, 7) is 4.90. The zero-order valence-electron chi connectivity index (χ0n) is 9.76. The lowest BCUT2D eigenvalue weighted by molar-refractivity contribution is -0.128. The molecule has 0 unspecified atom stereocenters. The van der Waals surface area contributed by atoms with Crippen molar-refractivity contribution in [2.75, 3.05) is 13.6 Å². The molecule has 1 amide bonds. The summed E-state index contributed by atoms with van der Waals surface area (Å²) in [7, 11) is 1.64. The van der Waals surface area contributed by atoms with Gasteiger partial charge in [0.1, 0.15) is 5.76 Å². The molecule has 0 saturated heterocycles. The van der Waals surface area contributed by atoms with Gasteiger partial charge in [0, 0.05) is 13.6 Å². The molecule has 1 aromatic heterocycles. The Bertz CT molecular complexity index is 361. The van der Waals surface area contributed by atoms with Crippen LogP contribution in [0.5, 0.6) is 0 Å². The van der Waals surface area contributed by atoms with E-state index in [1.54, 1.807) is 13.1 Å². The fraction of sp³-hybridized carbons (Fsp3) is 0.545. The number of carbonyl (C=O) groups excluding carboxylic acids is 1. The van der Waals surface area contributed by atoms with Crippen LogP contribution in [0.1, 0.15) is 19.6 Å². The summed E-state index contributed by atoms with van der Waals surface area (Å²) in [6, 6.07) is 3.50. The highest BCUT2D eigenvalue weighted by Crippen LogP contribution is 2.15. The largest absolute Gasteiger partial charge is 0.448 e. The molecular formula is C11H17ClN2O2. The fourth-order valence-corrected chi connectivity index (χ4v) is 1.53. The van der Waals surface area contributed by atoms with E-state index >= 15 is 0 Å². The summed E-state index contributed by atoms with van der Waals surface area (Å²) in [4.78, 5) is 11.5. The normalized spacial score (nSPS) is 11.5. The zero-order chi connectivity index (χ0) is 12.2. The Morgan fingerprint density at radius 2 is 2.19 bits per heavy atom. The van der Waals surface area contributed by atoms with Gasteiger partial charge in [-0.3, -0.25) is 4.79 Å². The van der Waals surface area contributed by atoms with Crippen LogP contribution in [0.25, 0.3) is 0 Å². The van der Waals surface area contributed by atoms with E-state index in [9.17, 15) is 4.79 Å². The van der Waals surface area contributed by atoms with Gasteiger partial charge in [0.05, 0.1) is 12.0 Å². The molecule has 0 radical (unpaired) electrons. The van der Waals surface area contributed by atoms with Gasteiger partial charge < -0.3 is 15.1 Å². The van der Waals surface area contributed by atoms with Crippen LogP contribution < -0.4 is 10.6 Å². The molecule has 0 aromatic carbocycles. The van der Waals surface area contributed by atoms with Crippen LogP contribution in [0.2, 0.25) is 5.22 Å². The second kappa shape index (κ2) is 5.37. The Kier molecular flexibility index (Phi) is 4.38. The summed E-state index contributed by atoms with van der Waals surface area (Å²) in [5.74, 6) is 0.773. The second-order valence-electron chi connectivity index (χ2n) is 4.27. The number of hydrogen-bond acceptors (Lipinski definition) is 3. The Morgan fingerprint density at radius 1 is 1.50 bits per heavy atom. The highest BCUT2D eigenvalue weighted by Gasteiger charge is 2.25. The van der Waals surface area contributed by atoms with Gasteiger partial charge in [0.2, 0.25) is 5.91 Å². The SMILES string of the molecule is CNC(=O)C(C)(C)CNCc1ccc(Cl)o1. The number of furan rings is 1. The molecule has 0 atom stereocenters. The van der Waals surface area contributed by atoms with E-state index in [2.05, 4.69) is 10.6 Å². The van der Waals surface area contributed by atoms with Crippen molar-refractivity contribution in [3.05, 3.63) is 23.1 Å². The van der Waals surface area contributed by atoms with Crippen molar-refractivity contribution >= 4 is 17.5 Å². The minimum absolute atomic E-state index is 0.0116. The maximum absolute atomic E-state index is 11.5. The van der Waals surface area contributed by atoms with Crippen LogP contribution in [-0.4, -0.2) is 19.5 Å². The van der Waals surface area contributed by atoms with Crippen molar-refractivity contribution in [2.24, 2.45) is 5.41 Å². The number of hydrogen-bond donors (Lipinski definition) is 2. The van der Waals surface area contributed by atoms with Gasteiger partial charge in [-0.1, -0.05) is 0 Å². The Labute approximate surface area is 100 Å². The Hall–Kier alpha value is -1.00. The second-order valence-corrected chi connectivity index (χ2v) is 4.64. The number of halogens is 1. The molecule has 16 heavy (non-hydrogen) atoms. The third-order valence-corrected chi connectivity index (χ3v) is 2.54. The summed E-state index contributed by atoms with van der Waals surface area (Å²) >= 11 is 5.64. The first kappa shape index (κ1) is 13.1. The minimum Gasteiger partial charge on any atom is -0.448 e. The Morgan fingerprint density at radius 3 is 2.69 bits per heavy atom. The summed E-state index contributed by atoms with van der Waals surface area (Å²) in [5.41, 5.74) is -0.439. The molecule has 0 saturated carbocycles. The van der Waals surface area contributed by atoms with E-state index in [0.29, 0.717) is 18.3 Å². The number of rotatable bonds is 5. The molecule has 0 fully saturated rings. The van der Waals surface area contributed by atoms with Crippen LogP contribution in [-0.2, 0) is 11.3 Å². The molecular weight excluding hydrogens is 228 g/mol. The standard InChI is InChI=1S/C11H17ClN2O2/c1-11(2,10(15)13-3)7-14-6-8-4-5-9(12)16-8/h4-5,14H,6-7H2,1-3H3,(H,13,15). The summed E-state index contributed by atoms with van der Waals surface area (Å²) < 4.78 is 5.19. The molecule has 0 bridgehead atoms. The molecule has 0 aliphatic rings. The van der Waals surface area contributed by atoms with Gasteiger partial charge in [-0.05, 0) is 37.6 Å². The number of nitrogens with one attached hydrogen (secondary N) is 2. The highest BCUT2D eigenvalue weighted by atomic mass is 35.5. The molecule has 4 nitrogen and oxygen atoms in total. The summed E-state index contributed by atoms with van der Waals surface area (Å²) in [6.07, 6.45) is 0. The van der Waals surface area contributed by atoms with Crippen molar-refractivity contribution in [3.63, 3.8) is 0 Å². The lowest BCUT2D eigenvalue weighted by Crippen LogP contribution is -2.41. The van der Waals surface area contributed by atoms with Crippen molar-refractivity contribution in [1.29, 1.82) is 0 Å². The van der Waals surface area contributed by atoms with Crippen molar-refractivity contribution < 1.29 is 9.21 Å². The van der Waals surface area contributed by atoms with Crippen molar-refractivity contribution in [3.8, 4) is 0 Å². The van der Waals surface area contributed by atoms with Crippen LogP contribution in [0, 0.1) is 5.41 Å². The van der Waals surface area contributed by atoms with Gasteiger partial charge >= 0.3 is 0 Å². The first-order valence-electron chi connectivity index (χ1n) is 5.13. The summed E-state index contributed by atoms with van der Waals surface area (Å²) in [5, 5.41) is 6.17. The maximum Gasteiger partial charge on any atom is 0.226 e. The topological polar surface area (TPSA) is 54.3 Å². The number of amides is 1. The predicted molar refractivity (Wildman–Crippen MR) is 63.3 cm³/mol. The Balaban J connectivity index is 2.38.